The topological polar surface area (TPSA) is 38.8 Å². The molecule has 4 nitrogen and oxygen atoms in total. The van der Waals surface area contributed by atoms with Gasteiger partial charge in [0.25, 0.3) is 5.91 Å². The van der Waals surface area contributed by atoms with Crippen LogP contribution in [-0.2, 0) is 0 Å². The van der Waals surface area contributed by atoms with Crippen molar-refractivity contribution in [2.24, 2.45) is 0 Å². The van der Waals surface area contributed by atoms with Gasteiger partial charge in [0.2, 0.25) is 0 Å². The summed E-state index contributed by atoms with van der Waals surface area (Å²) in [5.74, 6) is -0.223. The summed E-state index contributed by atoms with van der Waals surface area (Å²) in [6.07, 6.45) is 0. The number of halogens is 1. The van der Waals surface area contributed by atoms with Crippen molar-refractivity contribution in [1.29, 1.82) is 0 Å². The van der Waals surface area contributed by atoms with Crippen LogP contribution in [0.1, 0.15) is 28.9 Å². The highest BCUT2D eigenvalue weighted by molar-refractivity contribution is 5.97. The third-order valence-electron chi connectivity index (χ3n) is 3.89. The van der Waals surface area contributed by atoms with Crippen molar-refractivity contribution in [1.82, 2.24) is 4.90 Å². The van der Waals surface area contributed by atoms with Gasteiger partial charge in [-0.25, -0.2) is 4.39 Å². The van der Waals surface area contributed by atoms with Crippen LogP contribution in [0.5, 0.6) is 11.5 Å². The molecule has 0 N–H and O–H groups in total. The van der Waals surface area contributed by atoms with E-state index in [1.54, 1.807) is 20.2 Å². The van der Waals surface area contributed by atoms with Gasteiger partial charge in [0.15, 0.2) is 11.6 Å². The number of methoxy groups -OCH3 is 2. The third-order valence-corrected chi connectivity index (χ3v) is 3.89. The van der Waals surface area contributed by atoms with E-state index in [0.717, 1.165) is 5.56 Å². The minimum atomic E-state index is -0.559. The first-order chi connectivity index (χ1) is 11.0. The molecule has 1 atom stereocenters. The molecule has 122 valence electrons. The van der Waals surface area contributed by atoms with Crippen LogP contribution in [0.25, 0.3) is 0 Å². The van der Waals surface area contributed by atoms with E-state index < -0.39 is 5.82 Å². The number of hydrogen-bond acceptors (Lipinski definition) is 3. The maximum absolute atomic E-state index is 13.8. The summed E-state index contributed by atoms with van der Waals surface area (Å²) >= 11 is 0. The number of hydrogen-bond donors (Lipinski definition) is 0. The van der Waals surface area contributed by atoms with E-state index in [2.05, 4.69) is 0 Å². The van der Waals surface area contributed by atoms with Gasteiger partial charge in [-0.3, -0.25) is 4.79 Å². The zero-order chi connectivity index (χ0) is 17.0. The zero-order valence-corrected chi connectivity index (χ0v) is 13.7. The lowest BCUT2D eigenvalue weighted by Gasteiger charge is -2.27. The molecule has 0 radical (unpaired) electrons. The number of para-hydroxylation sites is 2. The number of nitrogens with zero attached hydrogens (tertiary/aromatic N) is 1. The summed E-state index contributed by atoms with van der Waals surface area (Å²) in [6.45, 7) is 1.89. The van der Waals surface area contributed by atoms with Crippen molar-refractivity contribution < 1.29 is 18.7 Å². The SMILES string of the molecule is COc1ccccc1[C@@H](C)N(C)C(=O)c1cccc(F)c1OC. The molecular formula is C18H20FNO3. The standard InChI is InChI=1S/C18H20FNO3/c1-12(13-8-5-6-11-16(13)22-3)20(2)18(21)14-9-7-10-15(19)17(14)23-4/h5-12H,1-4H3/t12-/m1/s1. The Kier molecular flexibility index (Phi) is 5.21. The Balaban J connectivity index is 2.35. The van der Waals surface area contributed by atoms with Crippen molar-refractivity contribution in [3.63, 3.8) is 0 Å². The quantitative estimate of drug-likeness (QED) is 0.844. The van der Waals surface area contributed by atoms with E-state index in [0.29, 0.717) is 5.75 Å². The van der Waals surface area contributed by atoms with Gasteiger partial charge in [-0.15, -0.1) is 0 Å². The molecule has 0 aliphatic carbocycles. The molecule has 0 heterocycles. The zero-order valence-electron chi connectivity index (χ0n) is 13.7. The maximum atomic E-state index is 13.8. The molecule has 0 spiro atoms. The third kappa shape index (κ3) is 3.28. The number of rotatable bonds is 5. The Morgan fingerprint density at radius 1 is 1.09 bits per heavy atom. The van der Waals surface area contributed by atoms with Crippen LogP contribution in [-0.4, -0.2) is 32.1 Å². The highest BCUT2D eigenvalue weighted by Gasteiger charge is 2.24. The van der Waals surface area contributed by atoms with Gasteiger partial charge in [0.05, 0.1) is 25.8 Å². The first kappa shape index (κ1) is 16.8. The molecule has 0 bridgehead atoms. The highest BCUT2D eigenvalue weighted by atomic mass is 19.1. The molecule has 0 saturated carbocycles. The van der Waals surface area contributed by atoms with Crippen molar-refractivity contribution in [3.05, 3.63) is 59.4 Å². The molecule has 0 aliphatic heterocycles. The van der Waals surface area contributed by atoms with E-state index in [-0.39, 0.29) is 23.3 Å². The molecule has 2 aromatic carbocycles. The van der Waals surface area contributed by atoms with Gasteiger partial charge in [0.1, 0.15) is 5.75 Å². The highest BCUT2D eigenvalue weighted by Crippen LogP contribution is 2.31. The number of carbonyl (C=O) groups is 1. The molecular weight excluding hydrogens is 297 g/mol. The van der Waals surface area contributed by atoms with Gasteiger partial charge < -0.3 is 14.4 Å². The van der Waals surface area contributed by atoms with Crippen molar-refractivity contribution in [2.75, 3.05) is 21.3 Å². The number of carbonyl (C=O) groups excluding carboxylic acids is 1. The predicted molar refractivity (Wildman–Crippen MR) is 86.5 cm³/mol. The van der Waals surface area contributed by atoms with Gasteiger partial charge in [-0.1, -0.05) is 24.3 Å². The second kappa shape index (κ2) is 7.13. The molecule has 2 aromatic rings. The summed E-state index contributed by atoms with van der Waals surface area (Å²) in [5.41, 5.74) is 1.07. The monoisotopic (exact) mass is 317 g/mol. The fraction of sp³-hybridized carbons (Fsp3) is 0.278. The maximum Gasteiger partial charge on any atom is 0.257 e. The van der Waals surface area contributed by atoms with Gasteiger partial charge >= 0.3 is 0 Å². The van der Waals surface area contributed by atoms with Gasteiger partial charge in [-0.2, -0.15) is 0 Å². The molecule has 0 aromatic heterocycles. The Morgan fingerprint density at radius 2 is 1.78 bits per heavy atom. The Hall–Kier alpha value is -2.56. The first-order valence-electron chi connectivity index (χ1n) is 7.23. The lowest BCUT2D eigenvalue weighted by molar-refractivity contribution is 0.0736. The van der Waals surface area contributed by atoms with Crippen LogP contribution < -0.4 is 9.47 Å². The number of benzene rings is 2. The lowest BCUT2D eigenvalue weighted by Crippen LogP contribution is -2.30. The molecule has 0 fully saturated rings. The fourth-order valence-corrected chi connectivity index (χ4v) is 2.47. The largest absolute Gasteiger partial charge is 0.496 e. The van der Waals surface area contributed by atoms with Crippen LogP contribution in [0.2, 0.25) is 0 Å². The van der Waals surface area contributed by atoms with Crippen LogP contribution in [0.15, 0.2) is 42.5 Å². The van der Waals surface area contributed by atoms with Gasteiger partial charge in [0, 0.05) is 12.6 Å². The average Bonchev–Trinajstić information content (AvgIpc) is 2.59. The van der Waals surface area contributed by atoms with E-state index in [9.17, 15) is 9.18 Å². The lowest BCUT2D eigenvalue weighted by atomic mass is 10.0. The summed E-state index contributed by atoms with van der Waals surface area (Å²) in [5, 5.41) is 0. The molecule has 1 amide bonds. The summed E-state index contributed by atoms with van der Waals surface area (Å²) < 4.78 is 24.2. The Morgan fingerprint density at radius 3 is 2.43 bits per heavy atom. The number of amides is 1. The van der Waals surface area contributed by atoms with E-state index in [1.165, 1.54) is 24.1 Å². The molecule has 5 heteroatoms. The van der Waals surface area contributed by atoms with Crippen LogP contribution in [0.4, 0.5) is 4.39 Å². The summed E-state index contributed by atoms with van der Waals surface area (Å²) in [4.78, 5) is 14.3. The van der Waals surface area contributed by atoms with Crippen LogP contribution >= 0.6 is 0 Å². The van der Waals surface area contributed by atoms with Gasteiger partial charge in [-0.05, 0) is 25.1 Å². The van der Waals surface area contributed by atoms with Crippen LogP contribution in [0, 0.1) is 5.82 Å². The molecule has 0 aliphatic rings. The first-order valence-corrected chi connectivity index (χ1v) is 7.23. The Labute approximate surface area is 135 Å². The molecule has 0 unspecified atom stereocenters. The van der Waals surface area contributed by atoms with Crippen molar-refractivity contribution in [3.8, 4) is 11.5 Å². The second-order valence-corrected chi connectivity index (χ2v) is 5.15. The van der Waals surface area contributed by atoms with E-state index in [1.807, 2.05) is 31.2 Å². The molecule has 2 rings (SSSR count). The van der Waals surface area contributed by atoms with Crippen molar-refractivity contribution >= 4 is 5.91 Å². The minimum Gasteiger partial charge on any atom is -0.496 e. The summed E-state index contributed by atoms with van der Waals surface area (Å²) in [7, 11) is 4.60. The molecule has 0 saturated heterocycles. The second-order valence-electron chi connectivity index (χ2n) is 5.15. The molecule has 23 heavy (non-hydrogen) atoms. The minimum absolute atomic E-state index is 0.0448. The smallest absolute Gasteiger partial charge is 0.257 e. The summed E-state index contributed by atoms with van der Waals surface area (Å²) in [6, 6.07) is 11.6. The van der Waals surface area contributed by atoms with E-state index >= 15 is 0 Å². The number of ether oxygens (including phenoxy) is 2. The van der Waals surface area contributed by atoms with E-state index in [4.69, 9.17) is 9.47 Å². The Bertz CT molecular complexity index is 702. The average molecular weight is 317 g/mol. The fourth-order valence-electron chi connectivity index (χ4n) is 2.47. The van der Waals surface area contributed by atoms with Crippen LogP contribution in [0.3, 0.4) is 0 Å². The predicted octanol–water partition coefficient (Wildman–Crippen LogP) is 3.68. The van der Waals surface area contributed by atoms with Crippen molar-refractivity contribution in [2.45, 2.75) is 13.0 Å². The normalized spacial score (nSPS) is 11.7.